The number of nitrogens with one attached hydrogen (secondary N) is 1. The summed E-state index contributed by atoms with van der Waals surface area (Å²) in [4.78, 5) is 7.29. The molecule has 0 aliphatic carbocycles. The first-order valence-electron chi connectivity index (χ1n) is 7.62. The number of hydrogen-bond acceptors (Lipinski definition) is 2. The molecule has 0 aliphatic heterocycles. The molecule has 0 atom stereocenters. The molecule has 0 saturated carbocycles. The number of aromatic amines is 1. The zero-order valence-electron chi connectivity index (χ0n) is 12.8. The largest absolute Gasteiger partial charge is 0.493 e. The van der Waals surface area contributed by atoms with E-state index in [0.29, 0.717) is 5.28 Å². The summed E-state index contributed by atoms with van der Waals surface area (Å²) in [7, 11) is 0. The highest BCUT2D eigenvalue weighted by molar-refractivity contribution is 6.29. The van der Waals surface area contributed by atoms with Crippen LogP contribution in [0.2, 0.25) is 5.28 Å². The molecule has 1 N–H and O–H groups in total. The lowest BCUT2D eigenvalue weighted by molar-refractivity contribution is 0.314. The van der Waals surface area contributed by atoms with Crippen molar-refractivity contribution in [3.63, 3.8) is 0 Å². The lowest BCUT2D eigenvalue weighted by Gasteiger charge is -2.12. The van der Waals surface area contributed by atoms with Crippen molar-refractivity contribution < 1.29 is 4.74 Å². The molecule has 2 aromatic carbocycles. The van der Waals surface area contributed by atoms with Crippen molar-refractivity contribution in [2.24, 2.45) is 0 Å². The Kier molecular flexibility index (Phi) is 4.34. The molecular formula is C18H19ClN2O. The van der Waals surface area contributed by atoms with Crippen molar-refractivity contribution in [1.29, 1.82) is 0 Å². The zero-order chi connectivity index (χ0) is 15.5. The summed E-state index contributed by atoms with van der Waals surface area (Å²) in [5.74, 6) is 0.985. The molecule has 1 heterocycles. The van der Waals surface area contributed by atoms with Crippen molar-refractivity contribution in [3.8, 4) is 16.9 Å². The molecule has 22 heavy (non-hydrogen) atoms. The quantitative estimate of drug-likeness (QED) is 0.699. The van der Waals surface area contributed by atoms with E-state index in [1.54, 1.807) is 0 Å². The lowest BCUT2D eigenvalue weighted by Crippen LogP contribution is -1.98. The van der Waals surface area contributed by atoms with Gasteiger partial charge in [-0.05, 0) is 65.4 Å². The molecule has 0 spiro atoms. The minimum atomic E-state index is 0.421. The second kappa shape index (κ2) is 6.41. The standard InChI is InChI=1S/C18H19ClN2O/c1-3-9-22-17-8-6-13(10-12(17)4-2)14-5-7-15-16(11-14)21-18(19)20-15/h5-8,10-11H,3-4,9H2,1-2H3,(H,20,21). The number of fused-ring (bicyclic) bond motifs is 1. The molecule has 4 heteroatoms. The molecule has 114 valence electrons. The maximum Gasteiger partial charge on any atom is 0.201 e. The molecule has 3 nitrogen and oxygen atoms in total. The van der Waals surface area contributed by atoms with Crippen LogP contribution in [0.3, 0.4) is 0 Å². The fourth-order valence-corrected chi connectivity index (χ4v) is 2.74. The van der Waals surface area contributed by atoms with Gasteiger partial charge in [-0.2, -0.15) is 0 Å². The number of benzene rings is 2. The SMILES string of the molecule is CCCOc1ccc(-c2ccc3nc(Cl)[nH]c3c2)cc1CC. The van der Waals surface area contributed by atoms with Gasteiger partial charge >= 0.3 is 0 Å². The molecule has 1 aromatic heterocycles. The minimum absolute atomic E-state index is 0.421. The molecule has 0 unspecified atom stereocenters. The normalized spacial score (nSPS) is 11.0. The van der Waals surface area contributed by atoms with Gasteiger partial charge in [0.15, 0.2) is 0 Å². The van der Waals surface area contributed by atoms with Gasteiger partial charge in [0.05, 0.1) is 17.6 Å². The van der Waals surface area contributed by atoms with E-state index in [1.165, 1.54) is 11.1 Å². The first kappa shape index (κ1) is 14.9. The number of aryl methyl sites for hydroxylation is 1. The van der Waals surface area contributed by atoms with Gasteiger partial charge < -0.3 is 9.72 Å². The Bertz CT molecular complexity index is 795. The monoisotopic (exact) mass is 314 g/mol. The summed E-state index contributed by atoms with van der Waals surface area (Å²) >= 11 is 5.92. The molecule has 0 aliphatic rings. The van der Waals surface area contributed by atoms with Crippen LogP contribution < -0.4 is 4.74 Å². The Labute approximate surface area is 135 Å². The highest BCUT2D eigenvalue weighted by atomic mass is 35.5. The Morgan fingerprint density at radius 1 is 1.09 bits per heavy atom. The van der Waals surface area contributed by atoms with Crippen molar-refractivity contribution >= 4 is 22.6 Å². The fourth-order valence-electron chi connectivity index (χ4n) is 2.55. The highest BCUT2D eigenvalue weighted by Crippen LogP contribution is 2.29. The van der Waals surface area contributed by atoms with Crippen LogP contribution in [0.4, 0.5) is 0 Å². The first-order valence-corrected chi connectivity index (χ1v) is 8.00. The van der Waals surface area contributed by atoms with Crippen LogP contribution in [0, 0.1) is 0 Å². The Hall–Kier alpha value is -2.00. The van der Waals surface area contributed by atoms with Crippen LogP contribution in [-0.4, -0.2) is 16.6 Å². The van der Waals surface area contributed by atoms with E-state index < -0.39 is 0 Å². The van der Waals surface area contributed by atoms with E-state index in [1.807, 2.05) is 6.07 Å². The average Bonchev–Trinajstić information content (AvgIpc) is 2.91. The van der Waals surface area contributed by atoms with Crippen molar-refractivity contribution in [2.45, 2.75) is 26.7 Å². The second-order valence-corrected chi connectivity index (χ2v) is 5.64. The van der Waals surface area contributed by atoms with Crippen LogP contribution in [0.15, 0.2) is 36.4 Å². The fraction of sp³-hybridized carbons (Fsp3) is 0.278. The lowest BCUT2D eigenvalue weighted by atomic mass is 10.0. The van der Waals surface area contributed by atoms with E-state index >= 15 is 0 Å². The minimum Gasteiger partial charge on any atom is -0.493 e. The summed E-state index contributed by atoms with van der Waals surface area (Å²) in [6, 6.07) is 12.5. The van der Waals surface area contributed by atoms with Crippen LogP contribution in [0.5, 0.6) is 5.75 Å². The van der Waals surface area contributed by atoms with Crippen LogP contribution in [0.1, 0.15) is 25.8 Å². The van der Waals surface area contributed by atoms with Gasteiger partial charge in [-0.3, -0.25) is 0 Å². The van der Waals surface area contributed by atoms with Gasteiger partial charge in [0, 0.05) is 0 Å². The third-order valence-corrected chi connectivity index (χ3v) is 3.87. The molecule has 0 radical (unpaired) electrons. The van der Waals surface area contributed by atoms with Gasteiger partial charge in [0.25, 0.3) is 0 Å². The van der Waals surface area contributed by atoms with Crippen molar-refractivity contribution in [1.82, 2.24) is 9.97 Å². The number of imidazole rings is 1. The van der Waals surface area contributed by atoms with E-state index in [9.17, 15) is 0 Å². The number of halogens is 1. The molecule has 3 rings (SSSR count). The smallest absolute Gasteiger partial charge is 0.201 e. The van der Waals surface area contributed by atoms with Crippen LogP contribution >= 0.6 is 11.6 Å². The van der Waals surface area contributed by atoms with Gasteiger partial charge in [-0.15, -0.1) is 0 Å². The molecular weight excluding hydrogens is 296 g/mol. The number of hydrogen-bond donors (Lipinski definition) is 1. The van der Waals surface area contributed by atoms with Gasteiger partial charge in [-0.1, -0.05) is 26.0 Å². The Balaban J connectivity index is 1.98. The third kappa shape index (κ3) is 2.95. The summed E-state index contributed by atoms with van der Waals surface area (Å²) in [6.07, 6.45) is 1.97. The maximum absolute atomic E-state index is 5.92. The molecule has 3 aromatic rings. The van der Waals surface area contributed by atoms with E-state index in [-0.39, 0.29) is 0 Å². The summed E-state index contributed by atoms with van der Waals surface area (Å²) in [5, 5.41) is 0.421. The highest BCUT2D eigenvalue weighted by Gasteiger charge is 2.07. The van der Waals surface area contributed by atoms with E-state index in [4.69, 9.17) is 16.3 Å². The van der Waals surface area contributed by atoms with Crippen LogP contribution in [-0.2, 0) is 6.42 Å². The van der Waals surface area contributed by atoms with Gasteiger partial charge in [0.1, 0.15) is 5.75 Å². The zero-order valence-corrected chi connectivity index (χ0v) is 13.6. The maximum atomic E-state index is 5.92. The number of ether oxygens (including phenoxy) is 1. The number of nitrogens with zero attached hydrogens (tertiary/aromatic N) is 1. The number of rotatable bonds is 5. The van der Waals surface area contributed by atoms with Crippen molar-refractivity contribution in [2.75, 3.05) is 6.61 Å². The molecule has 0 saturated heterocycles. The number of H-pyrrole nitrogens is 1. The molecule has 0 bridgehead atoms. The second-order valence-electron chi connectivity index (χ2n) is 5.28. The summed E-state index contributed by atoms with van der Waals surface area (Å²) in [5.41, 5.74) is 5.38. The van der Waals surface area contributed by atoms with Crippen molar-refractivity contribution in [3.05, 3.63) is 47.2 Å². The number of aromatic nitrogens is 2. The summed E-state index contributed by atoms with van der Waals surface area (Å²) < 4.78 is 5.81. The van der Waals surface area contributed by atoms with Crippen LogP contribution in [0.25, 0.3) is 22.2 Å². The summed E-state index contributed by atoms with van der Waals surface area (Å²) in [6.45, 7) is 5.02. The topological polar surface area (TPSA) is 37.9 Å². The molecule has 0 fully saturated rings. The van der Waals surface area contributed by atoms with Gasteiger partial charge in [0.2, 0.25) is 5.28 Å². The first-order chi connectivity index (χ1) is 10.7. The van der Waals surface area contributed by atoms with Gasteiger partial charge in [-0.25, -0.2) is 4.98 Å². The predicted molar refractivity (Wildman–Crippen MR) is 91.7 cm³/mol. The predicted octanol–water partition coefficient (Wildman–Crippen LogP) is 5.23. The van der Waals surface area contributed by atoms with E-state index in [2.05, 4.69) is 54.1 Å². The average molecular weight is 315 g/mol. The van der Waals surface area contributed by atoms with E-state index in [0.717, 1.165) is 41.8 Å². The molecule has 0 amide bonds. The third-order valence-electron chi connectivity index (χ3n) is 3.69. The Morgan fingerprint density at radius 2 is 1.86 bits per heavy atom. The Morgan fingerprint density at radius 3 is 2.64 bits per heavy atom.